The van der Waals surface area contributed by atoms with Crippen LogP contribution in [0.1, 0.15) is 19.8 Å². The van der Waals surface area contributed by atoms with Gasteiger partial charge in [0.05, 0.1) is 0 Å². The predicted molar refractivity (Wildman–Crippen MR) is 47.6 cm³/mol. The molecule has 1 rings (SSSR count). The van der Waals surface area contributed by atoms with Crippen molar-refractivity contribution in [2.75, 3.05) is 6.54 Å². The van der Waals surface area contributed by atoms with Crippen LogP contribution >= 0.6 is 0 Å². The Morgan fingerprint density at radius 2 is 1.94 bits per heavy atom. The number of carbonyl (C=O) groups excluding carboxylic acids is 1. The third-order valence-electron chi connectivity index (χ3n) is 2.69. The van der Waals surface area contributed by atoms with Gasteiger partial charge in [-0.05, 0) is 18.8 Å². The number of nitrogens with zero attached hydrogens (tertiary/aromatic N) is 1. The minimum atomic E-state index is -5.01. The van der Waals surface area contributed by atoms with Gasteiger partial charge in [-0.15, -0.1) is 0 Å². The van der Waals surface area contributed by atoms with Gasteiger partial charge in [-0.25, -0.2) is 4.79 Å². The van der Waals surface area contributed by atoms with E-state index >= 15 is 0 Å². The molecule has 0 radical (unpaired) electrons. The molecule has 0 bridgehead atoms. The number of hydrogen-bond donors (Lipinski definition) is 1. The Labute approximate surface area is 90.0 Å². The second-order valence-corrected chi connectivity index (χ2v) is 3.90. The van der Waals surface area contributed by atoms with E-state index in [4.69, 9.17) is 5.11 Å². The van der Waals surface area contributed by atoms with E-state index in [0.29, 0.717) is 17.7 Å². The Morgan fingerprint density at radius 3 is 2.38 bits per heavy atom. The van der Waals surface area contributed by atoms with E-state index in [1.54, 1.807) is 0 Å². The third kappa shape index (κ3) is 2.45. The molecule has 4 nitrogen and oxygen atoms in total. The van der Waals surface area contributed by atoms with Gasteiger partial charge in [-0.3, -0.25) is 4.79 Å². The van der Waals surface area contributed by atoms with Crippen molar-refractivity contribution in [2.45, 2.75) is 32.0 Å². The van der Waals surface area contributed by atoms with Crippen LogP contribution < -0.4 is 0 Å². The number of carboxylic acid groups (broad SMARTS) is 1. The summed E-state index contributed by atoms with van der Waals surface area (Å²) in [6, 6.07) is -1.37. The van der Waals surface area contributed by atoms with Crippen LogP contribution in [0.25, 0.3) is 0 Å². The zero-order valence-corrected chi connectivity index (χ0v) is 8.62. The van der Waals surface area contributed by atoms with Crippen LogP contribution in [0.5, 0.6) is 0 Å². The molecule has 0 spiro atoms. The van der Waals surface area contributed by atoms with Gasteiger partial charge in [-0.1, -0.05) is 6.92 Å². The fourth-order valence-electron chi connectivity index (χ4n) is 1.96. The summed E-state index contributed by atoms with van der Waals surface area (Å²) in [5.74, 6) is -3.91. The van der Waals surface area contributed by atoms with E-state index in [1.807, 2.05) is 0 Å². The second kappa shape index (κ2) is 4.31. The largest absolute Gasteiger partial charge is 0.480 e. The maximum absolute atomic E-state index is 12.2. The zero-order valence-electron chi connectivity index (χ0n) is 8.62. The minimum Gasteiger partial charge on any atom is -0.480 e. The molecule has 1 N–H and O–H groups in total. The molecule has 0 saturated carbocycles. The molecule has 0 unspecified atom stereocenters. The van der Waals surface area contributed by atoms with Gasteiger partial charge in [0.25, 0.3) is 0 Å². The van der Waals surface area contributed by atoms with Crippen LogP contribution in [-0.4, -0.2) is 40.6 Å². The van der Waals surface area contributed by atoms with Crippen LogP contribution in [0, 0.1) is 5.92 Å². The Balaban J connectivity index is 2.92. The fraction of sp³-hybridized carbons (Fsp3) is 0.778. The van der Waals surface area contributed by atoms with Crippen molar-refractivity contribution in [1.29, 1.82) is 0 Å². The van der Waals surface area contributed by atoms with Crippen molar-refractivity contribution in [1.82, 2.24) is 4.90 Å². The molecular formula is C9H12F3NO3. The number of aliphatic carboxylic acids is 1. The van der Waals surface area contributed by atoms with E-state index in [1.165, 1.54) is 6.92 Å². The van der Waals surface area contributed by atoms with Gasteiger partial charge in [-0.2, -0.15) is 13.2 Å². The smallest absolute Gasteiger partial charge is 0.471 e. The standard InChI is InChI=1S/C9H12F3NO3/c1-5-3-2-4-13(6(5)7(14)15)8(16)9(10,11)12/h5-6H,2-4H2,1H3,(H,14,15)/t5-,6+/m0/s1. The molecular weight excluding hydrogens is 227 g/mol. The van der Waals surface area contributed by atoms with Gasteiger partial charge in [0.2, 0.25) is 0 Å². The molecule has 0 aliphatic carbocycles. The van der Waals surface area contributed by atoms with E-state index < -0.39 is 30.0 Å². The number of alkyl halides is 3. The molecule has 1 fully saturated rings. The second-order valence-electron chi connectivity index (χ2n) is 3.90. The number of halogens is 3. The minimum absolute atomic E-state index is 0.153. The number of amides is 1. The quantitative estimate of drug-likeness (QED) is 0.749. The van der Waals surface area contributed by atoms with Crippen molar-refractivity contribution >= 4 is 11.9 Å². The van der Waals surface area contributed by atoms with Crippen molar-refractivity contribution in [3.63, 3.8) is 0 Å². The summed E-state index contributed by atoms with van der Waals surface area (Å²) in [4.78, 5) is 22.3. The Kier molecular flexibility index (Phi) is 3.44. The molecule has 92 valence electrons. The average Bonchev–Trinajstić information content (AvgIpc) is 2.14. The lowest BCUT2D eigenvalue weighted by Crippen LogP contribution is -2.55. The molecule has 1 saturated heterocycles. The first kappa shape index (κ1) is 12.8. The van der Waals surface area contributed by atoms with Crippen molar-refractivity contribution in [3.05, 3.63) is 0 Å². The maximum Gasteiger partial charge on any atom is 0.471 e. The summed E-state index contributed by atoms with van der Waals surface area (Å²) in [7, 11) is 0. The van der Waals surface area contributed by atoms with Gasteiger partial charge in [0.15, 0.2) is 0 Å². The molecule has 0 aromatic heterocycles. The molecule has 7 heteroatoms. The van der Waals surface area contributed by atoms with Crippen LogP contribution in [-0.2, 0) is 9.59 Å². The zero-order chi connectivity index (χ0) is 12.5. The molecule has 1 aliphatic heterocycles. The number of likely N-dealkylation sites (tertiary alicyclic amines) is 1. The lowest BCUT2D eigenvalue weighted by Gasteiger charge is -2.37. The van der Waals surface area contributed by atoms with Gasteiger partial charge in [0, 0.05) is 6.54 Å². The molecule has 0 aromatic carbocycles. The summed E-state index contributed by atoms with van der Waals surface area (Å²) < 4.78 is 36.6. The summed E-state index contributed by atoms with van der Waals surface area (Å²) in [5.41, 5.74) is 0. The summed E-state index contributed by atoms with van der Waals surface area (Å²) in [5, 5.41) is 8.83. The lowest BCUT2D eigenvalue weighted by molar-refractivity contribution is -0.192. The number of rotatable bonds is 1. The van der Waals surface area contributed by atoms with Crippen molar-refractivity contribution in [2.24, 2.45) is 5.92 Å². The molecule has 2 atom stereocenters. The highest BCUT2D eigenvalue weighted by atomic mass is 19.4. The molecule has 0 aromatic rings. The Bertz CT molecular complexity index is 303. The van der Waals surface area contributed by atoms with Gasteiger partial charge in [0.1, 0.15) is 6.04 Å². The third-order valence-corrected chi connectivity index (χ3v) is 2.69. The Hall–Kier alpha value is -1.27. The summed E-state index contributed by atoms with van der Waals surface area (Å²) in [6.07, 6.45) is -4.10. The number of piperidine rings is 1. The van der Waals surface area contributed by atoms with E-state index in [0.717, 1.165) is 0 Å². The number of hydrogen-bond acceptors (Lipinski definition) is 2. The summed E-state index contributed by atoms with van der Waals surface area (Å²) in [6.45, 7) is 1.38. The lowest BCUT2D eigenvalue weighted by atomic mass is 9.90. The molecule has 1 heterocycles. The van der Waals surface area contributed by atoms with E-state index in [9.17, 15) is 22.8 Å². The highest BCUT2D eigenvalue weighted by Crippen LogP contribution is 2.28. The van der Waals surface area contributed by atoms with Crippen molar-refractivity contribution in [3.8, 4) is 0 Å². The predicted octanol–water partition coefficient (Wildman–Crippen LogP) is 1.26. The van der Waals surface area contributed by atoms with Crippen LogP contribution in [0.4, 0.5) is 13.2 Å². The molecule has 16 heavy (non-hydrogen) atoms. The van der Waals surface area contributed by atoms with E-state index in [2.05, 4.69) is 0 Å². The highest BCUT2D eigenvalue weighted by Gasteiger charge is 2.48. The first-order valence-corrected chi connectivity index (χ1v) is 4.85. The van der Waals surface area contributed by atoms with Crippen molar-refractivity contribution < 1.29 is 27.9 Å². The SMILES string of the molecule is C[C@H]1CCCN(C(=O)C(F)(F)F)[C@H]1C(=O)O. The fourth-order valence-corrected chi connectivity index (χ4v) is 1.96. The van der Waals surface area contributed by atoms with E-state index in [-0.39, 0.29) is 6.54 Å². The monoisotopic (exact) mass is 239 g/mol. The Morgan fingerprint density at radius 1 is 1.38 bits per heavy atom. The molecule has 1 amide bonds. The summed E-state index contributed by atoms with van der Waals surface area (Å²) >= 11 is 0. The first-order chi connectivity index (χ1) is 7.25. The van der Waals surface area contributed by atoms with Crippen LogP contribution in [0.15, 0.2) is 0 Å². The normalized spacial score (nSPS) is 26.6. The molecule has 1 aliphatic rings. The maximum atomic E-state index is 12.2. The average molecular weight is 239 g/mol. The number of carbonyl (C=O) groups is 2. The van der Waals surface area contributed by atoms with Gasteiger partial charge < -0.3 is 10.0 Å². The van der Waals surface area contributed by atoms with Crippen LogP contribution in [0.2, 0.25) is 0 Å². The number of carboxylic acids is 1. The topological polar surface area (TPSA) is 57.6 Å². The van der Waals surface area contributed by atoms with Gasteiger partial charge >= 0.3 is 18.1 Å². The van der Waals surface area contributed by atoms with Crippen LogP contribution in [0.3, 0.4) is 0 Å². The first-order valence-electron chi connectivity index (χ1n) is 4.85. The highest BCUT2D eigenvalue weighted by molar-refractivity contribution is 5.87.